The standard InChI is InChI=1S/C9H17N3O2.C2H6/c1-6(2)11-8(14-5)10-12(7(3)4)9(11)13;1-2/h6-7H,1-5H3;1-2H3. The van der Waals surface area contributed by atoms with E-state index in [9.17, 15) is 4.79 Å². The fourth-order valence-electron chi connectivity index (χ4n) is 1.29. The van der Waals surface area contributed by atoms with Gasteiger partial charge in [-0.3, -0.25) is 0 Å². The van der Waals surface area contributed by atoms with Gasteiger partial charge in [0.15, 0.2) is 0 Å². The van der Waals surface area contributed by atoms with E-state index in [1.54, 1.807) is 4.57 Å². The zero-order valence-electron chi connectivity index (χ0n) is 11.3. The number of aromatic nitrogens is 3. The summed E-state index contributed by atoms with van der Waals surface area (Å²) in [7, 11) is 1.52. The van der Waals surface area contributed by atoms with Crippen LogP contribution in [0.25, 0.3) is 0 Å². The van der Waals surface area contributed by atoms with Crippen molar-refractivity contribution in [2.24, 2.45) is 0 Å². The molecule has 0 unspecified atom stereocenters. The first-order valence-corrected chi connectivity index (χ1v) is 5.74. The van der Waals surface area contributed by atoms with E-state index in [4.69, 9.17) is 4.74 Å². The Hall–Kier alpha value is -1.26. The summed E-state index contributed by atoms with van der Waals surface area (Å²) in [5.74, 6) is 0. The quantitative estimate of drug-likeness (QED) is 0.798. The Labute approximate surface area is 97.0 Å². The second-order valence-electron chi connectivity index (χ2n) is 3.77. The molecule has 0 aliphatic carbocycles. The lowest BCUT2D eigenvalue weighted by Gasteiger charge is -2.06. The SMILES string of the molecule is CC.COc1nn(C(C)C)c(=O)n1C(C)C. The smallest absolute Gasteiger partial charge is 0.349 e. The Morgan fingerprint density at radius 1 is 1.12 bits per heavy atom. The Morgan fingerprint density at radius 2 is 1.62 bits per heavy atom. The van der Waals surface area contributed by atoms with Crippen LogP contribution in [0, 0.1) is 0 Å². The van der Waals surface area contributed by atoms with Gasteiger partial charge in [0, 0.05) is 6.04 Å². The topological polar surface area (TPSA) is 49.1 Å². The van der Waals surface area contributed by atoms with Crippen molar-refractivity contribution in [3.63, 3.8) is 0 Å². The maximum atomic E-state index is 11.8. The maximum Gasteiger partial charge on any atom is 0.349 e. The summed E-state index contributed by atoms with van der Waals surface area (Å²) in [5.41, 5.74) is -0.119. The number of nitrogens with zero attached hydrogens (tertiary/aromatic N) is 3. The first-order valence-electron chi connectivity index (χ1n) is 5.74. The Kier molecular flexibility index (Phi) is 5.85. The average molecular weight is 229 g/mol. The van der Waals surface area contributed by atoms with Crippen LogP contribution in [0.15, 0.2) is 4.79 Å². The van der Waals surface area contributed by atoms with Gasteiger partial charge in [-0.2, -0.15) is 0 Å². The van der Waals surface area contributed by atoms with Crippen molar-refractivity contribution in [1.82, 2.24) is 14.3 Å². The number of ether oxygens (including phenoxy) is 1. The van der Waals surface area contributed by atoms with Crippen molar-refractivity contribution in [2.75, 3.05) is 7.11 Å². The molecule has 0 atom stereocenters. The molecule has 1 rings (SSSR count). The van der Waals surface area contributed by atoms with Crippen molar-refractivity contribution < 1.29 is 4.74 Å². The van der Waals surface area contributed by atoms with Crippen LogP contribution >= 0.6 is 0 Å². The molecule has 0 amide bonds. The van der Waals surface area contributed by atoms with Crippen LogP contribution in [0.2, 0.25) is 0 Å². The molecule has 0 N–H and O–H groups in total. The van der Waals surface area contributed by atoms with Crippen molar-refractivity contribution >= 4 is 0 Å². The fraction of sp³-hybridized carbons (Fsp3) is 0.818. The Morgan fingerprint density at radius 3 is 1.88 bits per heavy atom. The van der Waals surface area contributed by atoms with E-state index in [2.05, 4.69) is 5.10 Å². The molecule has 1 aromatic rings. The highest BCUT2D eigenvalue weighted by Gasteiger charge is 2.17. The predicted octanol–water partition coefficient (Wildman–Crippen LogP) is 2.24. The largest absolute Gasteiger partial charge is 0.467 e. The molecule has 1 heterocycles. The van der Waals surface area contributed by atoms with E-state index in [0.29, 0.717) is 6.01 Å². The van der Waals surface area contributed by atoms with Crippen LogP contribution in [0.5, 0.6) is 6.01 Å². The van der Waals surface area contributed by atoms with E-state index in [1.807, 2.05) is 41.5 Å². The summed E-state index contributed by atoms with van der Waals surface area (Å²) < 4.78 is 8.02. The first-order chi connectivity index (χ1) is 7.49. The highest BCUT2D eigenvalue weighted by molar-refractivity contribution is 4.96. The second kappa shape index (κ2) is 6.35. The fourth-order valence-corrected chi connectivity index (χ4v) is 1.29. The number of hydrogen-bond donors (Lipinski definition) is 0. The highest BCUT2D eigenvalue weighted by atomic mass is 16.5. The van der Waals surface area contributed by atoms with Gasteiger partial charge in [0.05, 0.1) is 13.2 Å². The van der Waals surface area contributed by atoms with E-state index in [0.717, 1.165) is 0 Å². The van der Waals surface area contributed by atoms with E-state index in [1.165, 1.54) is 11.8 Å². The third-order valence-electron chi connectivity index (χ3n) is 1.99. The molecule has 94 valence electrons. The molecular formula is C11H23N3O2. The molecule has 0 saturated carbocycles. The summed E-state index contributed by atoms with van der Waals surface area (Å²) in [6.07, 6.45) is 0. The van der Waals surface area contributed by atoms with Crippen LogP contribution in [0.4, 0.5) is 0 Å². The zero-order valence-corrected chi connectivity index (χ0v) is 11.3. The van der Waals surface area contributed by atoms with Crippen LogP contribution < -0.4 is 10.4 Å². The van der Waals surface area contributed by atoms with Crippen molar-refractivity contribution in [2.45, 2.75) is 53.6 Å². The van der Waals surface area contributed by atoms with Gasteiger partial charge >= 0.3 is 11.7 Å². The van der Waals surface area contributed by atoms with E-state index >= 15 is 0 Å². The predicted molar refractivity (Wildman–Crippen MR) is 65.2 cm³/mol. The van der Waals surface area contributed by atoms with E-state index < -0.39 is 0 Å². The first kappa shape index (κ1) is 14.7. The molecule has 0 aliphatic heterocycles. The summed E-state index contributed by atoms with van der Waals surface area (Å²) in [6.45, 7) is 11.7. The molecule has 1 aromatic heterocycles. The van der Waals surface area contributed by atoms with Crippen LogP contribution in [-0.4, -0.2) is 21.5 Å². The van der Waals surface area contributed by atoms with Gasteiger partial charge in [-0.05, 0) is 27.7 Å². The van der Waals surface area contributed by atoms with Gasteiger partial charge in [0.25, 0.3) is 0 Å². The summed E-state index contributed by atoms with van der Waals surface area (Å²) in [4.78, 5) is 11.8. The molecule has 16 heavy (non-hydrogen) atoms. The number of rotatable bonds is 3. The molecule has 0 saturated heterocycles. The Balaban J connectivity index is 0.00000106. The lowest BCUT2D eigenvalue weighted by atomic mass is 10.4. The minimum atomic E-state index is -0.119. The molecule has 0 fully saturated rings. The van der Waals surface area contributed by atoms with E-state index in [-0.39, 0.29) is 17.8 Å². The zero-order chi connectivity index (χ0) is 12.9. The molecule has 0 spiro atoms. The third-order valence-corrected chi connectivity index (χ3v) is 1.99. The minimum Gasteiger partial charge on any atom is -0.467 e. The molecule has 0 bridgehead atoms. The molecular weight excluding hydrogens is 206 g/mol. The van der Waals surface area contributed by atoms with Gasteiger partial charge in [0.1, 0.15) is 0 Å². The van der Waals surface area contributed by atoms with Crippen molar-refractivity contribution in [3.8, 4) is 6.01 Å². The third kappa shape index (κ3) is 2.87. The molecule has 0 aliphatic rings. The normalized spacial score (nSPS) is 10.3. The molecule has 0 aromatic carbocycles. The van der Waals surface area contributed by atoms with Gasteiger partial charge in [-0.1, -0.05) is 13.8 Å². The van der Waals surface area contributed by atoms with Crippen molar-refractivity contribution in [1.29, 1.82) is 0 Å². The average Bonchev–Trinajstić information content (AvgIpc) is 2.58. The lowest BCUT2D eigenvalue weighted by molar-refractivity contribution is 0.341. The molecule has 0 radical (unpaired) electrons. The van der Waals surface area contributed by atoms with Crippen LogP contribution in [-0.2, 0) is 0 Å². The second-order valence-corrected chi connectivity index (χ2v) is 3.77. The van der Waals surface area contributed by atoms with Gasteiger partial charge in [-0.15, -0.1) is 5.10 Å². The maximum absolute atomic E-state index is 11.8. The van der Waals surface area contributed by atoms with Gasteiger partial charge in [0.2, 0.25) is 0 Å². The molecule has 5 nitrogen and oxygen atoms in total. The molecule has 5 heteroatoms. The highest BCUT2D eigenvalue weighted by Crippen LogP contribution is 2.12. The van der Waals surface area contributed by atoms with Crippen LogP contribution in [0.1, 0.15) is 53.6 Å². The number of methoxy groups -OCH3 is 1. The van der Waals surface area contributed by atoms with Crippen molar-refractivity contribution in [3.05, 3.63) is 10.5 Å². The minimum absolute atomic E-state index is 0.0522. The Bertz CT molecular complexity index is 364. The lowest BCUT2D eigenvalue weighted by Crippen LogP contribution is -2.27. The van der Waals surface area contributed by atoms with Gasteiger partial charge in [-0.25, -0.2) is 14.0 Å². The summed E-state index contributed by atoms with van der Waals surface area (Å²) in [5, 5.41) is 4.09. The monoisotopic (exact) mass is 229 g/mol. The van der Waals surface area contributed by atoms with Gasteiger partial charge < -0.3 is 4.74 Å². The number of hydrogen-bond acceptors (Lipinski definition) is 3. The summed E-state index contributed by atoms with van der Waals surface area (Å²) in [6, 6.07) is 0.486. The van der Waals surface area contributed by atoms with Crippen LogP contribution in [0.3, 0.4) is 0 Å². The summed E-state index contributed by atoms with van der Waals surface area (Å²) >= 11 is 0.